The van der Waals surface area contributed by atoms with Crippen LogP contribution in [0.25, 0.3) is 44.4 Å². The number of imidazole rings is 2. The number of H-pyrrole nitrogens is 2. The summed E-state index contributed by atoms with van der Waals surface area (Å²) in [6.45, 7) is 0.448. The van der Waals surface area contributed by atoms with Crippen LogP contribution in [0, 0.1) is 5.92 Å². The van der Waals surface area contributed by atoms with Gasteiger partial charge in [0, 0.05) is 18.2 Å². The minimum atomic E-state index is -0.880. The molecule has 3 fully saturated rings. The van der Waals surface area contributed by atoms with Crippen molar-refractivity contribution in [2.45, 2.75) is 56.3 Å². The van der Waals surface area contributed by atoms with Crippen molar-refractivity contribution < 1.29 is 28.7 Å². The zero-order valence-corrected chi connectivity index (χ0v) is 33.4. The van der Waals surface area contributed by atoms with E-state index in [0.29, 0.717) is 23.9 Å². The average Bonchev–Trinajstić information content (AvgIpc) is 4.16. The molecule has 5 atom stereocenters. The number of fused-ring (bicyclic) bond motifs is 3. The van der Waals surface area contributed by atoms with Gasteiger partial charge >= 0.3 is 12.2 Å². The number of alkyl carbamates (subject to hydrolysis) is 2. The van der Waals surface area contributed by atoms with Crippen molar-refractivity contribution in [3.8, 4) is 33.6 Å². The van der Waals surface area contributed by atoms with Gasteiger partial charge in [-0.1, -0.05) is 78.9 Å². The lowest BCUT2D eigenvalue weighted by Crippen LogP contribution is -2.45. The number of aromatic nitrogens is 4. The fourth-order valence-electron chi connectivity index (χ4n) is 9.32. The third kappa shape index (κ3) is 7.44. The lowest BCUT2D eigenvalue weighted by Gasteiger charge is -2.34. The SMILES string of the molecule is COC(=O)NCC(=O)N1[C@@H]2CC[C@@H](C2)[C@H]1c1ncc(-c2ccc(-c3ccc4cc(-c5cnc([C@@H]6CCCN6C(=O)[C@H](NC(=O)OC)c6ccccc6)[nH]5)ccc4c3)cc2)[nH]1. The summed E-state index contributed by atoms with van der Waals surface area (Å²) in [5, 5.41) is 7.43. The van der Waals surface area contributed by atoms with Crippen LogP contribution in [-0.4, -0.2) is 87.1 Å². The van der Waals surface area contributed by atoms with Gasteiger partial charge in [0.15, 0.2) is 0 Å². The van der Waals surface area contributed by atoms with Crippen LogP contribution in [-0.2, 0) is 19.1 Å². The molecule has 14 heteroatoms. The van der Waals surface area contributed by atoms with Crippen LogP contribution in [0.4, 0.5) is 9.59 Å². The van der Waals surface area contributed by atoms with Crippen LogP contribution in [0.15, 0.2) is 103 Å². The maximum Gasteiger partial charge on any atom is 0.407 e. The molecule has 4 N–H and O–H groups in total. The molecule has 0 unspecified atom stereocenters. The van der Waals surface area contributed by atoms with Gasteiger partial charge in [-0.3, -0.25) is 9.59 Å². The van der Waals surface area contributed by atoms with E-state index < -0.39 is 18.2 Å². The number of carbonyl (C=O) groups excluding carboxylic acids is 4. The molecular formula is C46H46N8O6. The van der Waals surface area contributed by atoms with Gasteiger partial charge in [-0.25, -0.2) is 19.6 Å². The Bertz CT molecular complexity index is 2550. The van der Waals surface area contributed by atoms with Crippen molar-refractivity contribution in [1.29, 1.82) is 0 Å². The van der Waals surface area contributed by atoms with E-state index in [9.17, 15) is 19.2 Å². The Hall–Kier alpha value is -6.96. The van der Waals surface area contributed by atoms with Crippen molar-refractivity contribution in [2.24, 2.45) is 5.92 Å². The summed E-state index contributed by atoms with van der Waals surface area (Å²) in [7, 11) is 2.57. The molecule has 2 bridgehead atoms. The number of rotatable bonds is 10. The predicted octanol–water partition coefficient (Wildman–Crippen LogP) is 7.46. The van der Waals surface area contributed by atoms with E-state index >= 15 is 0 Å². The average molecular weight is 807 g/mol. The standard InChI is InChI=1S/C46H46N8O6/c1-59-45(57)49-26-39(55)54-35-19-18-34(23-35)41(54)43-48-24-36(51-43)28-12-10-27(11-13-28)30-14-15-32-22-33(17-16-31(32)21-30)37-25-47-42(50-37)38-9-6-20-53(38)44(56)40(52-46(58)60-2)29-7-4-3-5-8-29/h3-5,7-8,10-17,21-22,24-25,34-35,38,40-41H,6,9,18-20,23,26H2,1-2H3,(H,47,50)(H,48,51)(H,49,57)(H,52,58)/t34-,35+,38-,40+,41-/m0/s1. The van der Waals surface area contributed by atoms with Crippen LogP contribution in [0.3, 0.4) is 0 Å². The van der Waals surface area contributed by atoms with E-state index in [4.69, 9.17) is 14.7 Å². The van der Waals surface area contributed by atoms with Gasteiger partial charge in [0.05, 0.1) is 50.1 Å². The van der Waals surface area contributed by atoms with Gasteiger partial charge in [0.25, 0.3) is 5.91 Å². The maximum absolute atomic E-state index is 13.9. The zero-order valence-electron chi connectivity index (χ0n) is 33.4. The van der Waals surface area contributed by atoms with Crippen LogP contribution in [0.1, 0.15) is 67.4 Å². The topological polar surface area (TPSA) is 175 Å². The molecule has 2 aliphatic heterocycles. The van der Waals surface area contributed by atoms with E-state index in [1.54, 1.807) is 4.90 Å². The molecule has 4 amide bonds. The minimum absolute atomic E-state index is 0.108. The molecule has 4 heterocycles. The highest BCUT2D eigenvalue weighted by atomic mass is 16.5. The fraction of sp³-hybridized carbons (Fsp3) is 0.304. The van der Waals surface area contributed by atoms with E-state index in [0.717, 1.165) is 82.3 Å². The highest BCUT2D eigenvalue weighted by Gasteiger charge is 2.49. The molecule has 0 radical (unpaired) electrons. The van der Waals surface area contributed by atoms with Crippen molar-refractivity contribution in [3.63, 3.8) is 0 Å². The largest absolute Gasteiger partial charge is 0.453 e. The number of carbonyl (C=O) groups is 4. The maximum atomic E-state index is 13.9. The molecule has 14 nitrogen and oxygen atoms in total. The fourth-order valence-corrected chi connectivity index (χ4v) is 9.32. The highest BCUT2D eigenvalue weighted by Crippen LogP contribution is 2.49. The summed E-state index contributed by atoms with van der Waals surface area (Å²) in [6, 6.07) is 29.2. The molecule has 6 aromatic rings. The second-order valence-electron chi connectivity index (χ2n) is 15.7. The molecule has 0 spiro atoms. The first kappa shape index (κ1) is 38.6. The Morgan fingerprint density at radius 2 is 1.40 bits per heavy atom. The lowest BCUT2D eigenvalue weighted by molar-refractivity contribution is -0.135. The Balaban J connectivity index is 0.880. The predicted molar refractivity (Wildman–Crippen MR) is 224 cm³/mol. The first-order valence-corrected chi connectivity index (χ1v) is 20.4. The minimum Gasteiger partial charge on any atom is -0.453 e. The zero-order chi connectivity index (χ0) is 41.3. The number of nitrogens with one attached hydrogen (secondary N) is 4. The number of nitrogens with zero attached hydrogens (tertiary/aromatic N) is 4. The molecule has 4 aromatic carbocycles. The van der Waals surface area contributed by atoms with Gasteiger partial charge in [-0.2, -0.15) is 0 Å². The van der Waals surface area contributed by atoms with E-state index in [-0.39, 0.29) is 36.5 Å². The van der Waals surface area contributed by atoms with Gasteiger partial charge in [-0.15, -0.1) is 0 Å². The van der Waals surface area contributed by atoms with Crippen molar-refractivity contribution in [1.82, 2.24) is 40.4 Å². The summed E-state index contributed by atoms with van der Waals surface area (Å²) in [4.78, 5) is 71.1. The number of hydrogen-bond acceptors (Lipinski definition) is 8. The van der Waals surface area contributed by atoms with Gasteiger partial charge < -0.3 is 39.9 Å². The van der Waals surface area contributed by atoms with Crippen molar-refractivity contribution in [3.05, 3.63) is 121 Å². The van der Waals surface area contributed by atoms with E-state index in [2.05, 4.69) is 86.0 Å². The summed E-state index contributed by atoms with van der Waals surface area (Å²) in [5.74, 6) is 1.47. The number of aromatic amines is 2. The molecule has 3 aliphatic rings. The molecule has 60 heavy (non-hydrogen) atoms. The Kier molecular flexibility index (Phi) is 10.5. The Morgan fingerprint density at radius 3 is 2.15 bits per heavy atom. The second-order valence-corrected chi connectivity index (χ2v) is 15.7. The van der Waals surface area contributed by atoms with Crippen molar-refractivity contribution >= 4 is 34.8 Å². The molecular weight excluding hydrogens is 761 g/mol. The van der Waals surface area contributed by atoms with Gasteiger partial charge in [-0.05, 0) is 83.2 Å². The third-order valence-corrected chi connectivity index (χ3v) is 12.3. The normalized spacial score (nSPS) is 20.0. The quantitative estimate of drug-likeness (QED) is 0.110. The molecule has 1 aliphatic carbocycles. The molecule has 2 saturated heterocycles. The van der Waals surface area contributed by atoms with Gasteiger partial charge in [0.2, 0.25) is 5.91 Å². The summed E-state index contributed by atoms with van der Waals surface area (Å²) in [5.41, 5.74) is 6.57. The number of likely N-dealkylation sites (tertiary alicyclic amines) is 2. The van der Waals surface area contributed by atoms with Crippen LogP contribution in [0.2, 0.25) is 0 Å². The van der Waals surface area contributed by atoms with E-state index in [1.807, 2.05) is 47.6 Å². The molecule has 306 valence electrons. The number of ether oxygens (including phenoxy) is 2. The van der Waals surface area contributed by atoms with Crippen LogP contribution in [0.5, 0.6) is 0 Å². The smallest absolute Gasteiger partial charge is 0.407 e. The summed E-state index contributed by atoms with van der Waals surface area (Å²) < 4.78 is 9.48. The van der Waals surface area contributed by atoms with Crippen molar-refractivity contribution in [2.75, 3.05) is 27.3 Å². The third-order valence-electron chi connectivity index (χ3n) is 12.3. The Labute approximate surface area is 346 Å². The van der Waals surface area contributed by atoms with E-state index in [1.165, 1.54) is 14.2 Å². The monoisotopic (exact) mass is 806 g/mol. The summed E-state index contributed by atoms with van der Waals surface area (Å²) in [6.07, 6.45) is 6.88. The second kappa shape index (κ2) is 16.4. The summed E-state index contributed by atoms with van der Waals surface area (Å²) >= 11 is 0. The number of hydrogen-bond donors (Lipinski definition) is 4. The molecule has 9 rings (SSSR count). The first-order chi connectivity index (χ1) is 29.3. The number of benzene rings is 4. The number of piperidine rings is 1. The number of amides is 4. The van der Waals surface area contributed by atoms with Crippen LogP contribution >= 0.6 is 0 Å². The van der Waals surface area contributed by atoms with Crippen LogP contribution < -0.4 is 10.6 Å². The molecule has 1 saturated carbocycles. The van der Waals surface area contributed by atoms with Gasteiger partial charge in [0.1, 0.15) is 24.2 Å². The highest BCUT2D eigenvalue weighted by molar-refractivity contribution is 5.91. The first-order valence-electron chi connectivity index (χ1n) is 20.4. The Morgan fingerprint density at radius 1 is 0.750 bits per heavy atom. The lowest BCUT2D eigenvalue weighted by atomic mass is 9.97. The molecule has 2 aromatic heterocycles. The number of methoxy groups -OCH3 is 2.